The maximum Gasteiger partial charge on any atom is 0.250 e. The van der Waals surface area contributed by atoms with E-state index in [1.165, 1.54) is 7.11 Å². The number of anilines is 1. The standard InChI is InChI=1S/C13H18ClNO4/c1-9-6-11(12(18-3)7-10(9)14)15-13(16)8-19-5-4-17-2/h6-7H,4-5,8H2,1-3H3,(H,15,16). The van der Waals surface area contributed by atoms with Crippen molar-refractivity contribution in [3.63, 3.8) is 0 Å². The van der Waals surface area contributed by atoms with E-state index in [1.54, 1.807) is 19.2 Å². The Hall–Kier alpha value is -1.30. The number of hydrogen-bond acceptors (Lipinski definition) is 4. The Morgan fingerprint density at radius 2 is 2.05 bits per heavy atom. The topological polar surface area (TPSA) is 56.8 Å². The van der Waals surface area contributed by atoms with Crippen molar-refractivity contribution in [3.05, 3.63) is 22.7 Å². The number of methoxy groups -OCH3 is 2. The molecule has 0 aliphatic carbocycles. The van der Waals surface area contributed by atoms with Gasteiger partial charge in [0.05, 0.1) is 26.0 Å². The van der Waals surface area contributed by atoms with Gasteiger partial charge in [-0.15, -0.1) is 0 Å². The van der Waals surface area contributed by atoms with Crippen LogP contribution in [-0.2, 0) is 14.3 Å². The molecule has 0 atom stereocenters. The summed E-state index contributed by atoms with van der Waals surface area (Å²) in [5, 5.41) is 3.31. The van der Waals surface area contributed by atoms with Crippen LogP contribution in [0.2, 0.25) is 5.02 Å². The van der Waals surface area contributed by atoms with Gasteiger partial charge >= 0.3 is 0 Å². The highest BCUT2D eigenvalue weighted by Gasteiger charge is 2.10. The first-order chi connectivity index (χ1) is 9.08. The van der Waals surface area contributed by atoms with Crippen molar-refractivity contribution in [1.29, 1.82) is 0 Å². The van der Waals surface area contributed by atoms with Crippen LogP contribution in [-0.4, -0.2) is 39.9 Å². The predicted molar refractivity (Wildman–Crippen MR) is 74.1 cm³/mol. The fourth-order valence-corrected chi connectivity index (χ4v) is 1.58. The van der Waals surface area contributed by atoms with E-state index in [-0.39, 0.29) is 12.5 Å². The second-order valence-electron chi connectivity index (χ2n) is 3.90. The Kier molecular flexibility index (Phi) is 6.62. The van der Waals surface area contributed by atoms with Gasteiger partial charge < -0.3 is 19.5 Å². The molecule has 19 heavy (non-hydrogen) atoms. The molecule has 0 saturated carbocycles. The smallest absolute Gasteiger partial charge is 0.250 e. The van der Waals surface area contributed by atoms with Crippen molar-refractivity contribution in [2.45, 2.75) is 6.92 Å². The quantitative estimate of drug-likeness (QED) is 0.782. The Labute approximate surface area is 117 Å². The van der Waals surface area contributed by atoms with Gasteiger partial charge in [0.1, 0.15) is 12.4 Å². The molecule has 0 unspecified atom stereocenters. The average Bonchev–Trinajstić information content (AvgIpc) is 2.38. The van der Waals surface area contributed by atoms with Crippen LogP contribution in [0.3, 0.4) is 0 Å². The van der Waals surface area contributed by atoms with E-state index >= 15 is 0 Å². The van der Waals surface area contributed by atoms with Crippen molar-refractivity contribution in [3.8, 4) is 5.75 Å². The van der Waals surface area contributed by atoms with E-state index in [4.69, 9.17) is 25.8 Å². The second-order valence-corrected chi connectivity index (χ2v) is 4.30. The van der Waals surface area contributed by atoms with Crippen LogP contribution in [0.15, 0.2) is 12.1 Å². The van der Waals surface area contributed by atoms with Crippen LogP contribution >= 0.6 is 11.6 Å². The molecule has 0 aromatic heterocycles. The minimum Gasteiger partial charge on any atom is -0.495 e. The molecule has 106 valence electrons. The Morgan fingerprint density at radius 1 is 1.32 bits per heavy atom. The molecule has 0 fully saturated rings. The van der Waals surface area contributed by atoms with E-state index in [0.717, 1.165) is 5.56 Å². The van der Waals surface area contributed by atoms with Gasteiger partial charge in [-0.25, -0.2) is 0 Å². The van der Waals surface area contributed by atoms with Crippen molar-refractivity contribution >= 4 is 23.2 Å². The first kappa shape index (κ1) is 15.8. The van der Waals surface area contributed by atoms with Crippen molar-refractivity contribution in [1.82, 2.24) is 0 Å². The summed E-state index contributed by atoms with van der Waals surface area (Å²) >= 11 is 5.99. The molecule has 0 radical (unpaired) electrons. The van der Waals surface area contributed by atoms with Gasteiger partial charge in [-0.3, -0.25) is 4.79 Å². The highest BCUT2D eigenvalue weighted by atomic mass is 35.5. The molecule has 0 spiro atoms. The van der Waals surface area contributed by atoms with Gasteiger partial charge in [0.15, 0.2) is 0 Å². The number of amides is 1. The van der Waals surface area contributed by atoms with Crippen LogP contribution in [0.5, 0.6) is 5.75 Å². The Balaban J connectivity index is 2.60. The summed E-state index contributed by atoms with van der Waals surface area (Å²) in [5.74, 6) is 0.261. The summed E-state index contributed by atoms with van der Waals surface area (Å²) in [4.78, 5) is 11.7. The molecular weight excluding hydrogens is 270 g/mol. The maximum atomic E-state index is 11.7. The average molecular weight is 288 g/mol. The molecule has 0 aliphatic rings. The summed E-state index contributed by atoms with van der Waals surface area (Å²) in [6.07, 6.45) is 0. The molecule has 0 bridgehead atoms. The van der Waals surface area contributed by atoms with Gasteiger partial charge in [0.25, 0.3) is 0 Å². The number of carbonyl (C=O) groups excluding carboxylic acids is 1. The molecule has 0 aliphatic heterocycles. The van der Waals surface area contributed by atoms with Crippen LogP contribution in [0, 0.1) is 6.92 Å². The largest absolute Gasteiger partial charge is 0.495 e. The van der Waals surface area contributed by atoms with Gasteiger partial charge in [0.2, 0.25) is 5.91 Å². The van der Waals surface area contributed by atoms with E-state index in [9.17, 15) is 4.79 Å². The Bertz CT molecular complexity index is 437. The first-order valence-electron chi connectivity index (χ1n) is 5.79. The zero-order chi connectivity index (χ0) is 14.3. The van der Waals surface area contributed by atoms with Gasteiger partial charge in [-0.1, -0.05) is 11.6 Å². The van der Waals surface area contributed by atoms with Gasteiger partial charge in [-0.05, 0) is 18.6 Å². The number of aryl methyl sites for hydroxylation is 1. The highest BCUT2D eigenvalue weighted by molar-refractivity contribution is 6.31. The molecule has 1 rings (SSSR count). The van der Waals surface area contributed by atoms with Crippen LogP contribution in [0.25, 0.3) is 0 Å². The summed E-state index contributed by atoms with van der Waals surface area (Å²) in [5.41, 5.74) is 1.43. The maximum absolute atomic E-state index is 11.7. The third kappa shape index (κ3) is 5.06. The zero-order valence-corrected chi connectivity index (χ0v) is 12.0. The van der Waals surface area contributed by atoms with E-state index in [0.29, 0.717) is 29.7 Å². The molecule has 0 heterocycles. The molecule has 6 heteroatoms. The number of nitrogens with one attached hydrogen (secondary N) is 1. The summed E-state index contributed by atoms with van der Waals surface area (Å²) in [7, 11) is 3.09. The number of rotatable bonds is 7. The lowest BCUT2D eigenvalue weighted by molar-refractivity contribution is -0.121. The fourth-order valence-electron chi connectivity index (χ4n) is 1.42. The molecule has 1 aromatic carbocycles. The van der Waals surface area contributed by atoms with Gasteiger partial charge in [-0.2, -0.15) is 0 Å². The Morgan fingerprint density at radius 3 is 2.68 bits per heavy atom. The van der Waals surface area contributed by atoms with E-state index in [2.05, 4.69) is 5.32 Å². The number of ether oxygens (including phenoxy) is 3. The molecule has 0 saturated heterocycles. The van der Waals surface area contributed by atoms with Crippen LogP contribution < -0.4 is 10.1 Å². The fraction of sp³-hybridized carbons (Fsp3) is 0.462. The molecular formula is C13H18ClNO4. The number of carbonyl (C=O) groups is 1. The summed E-state index contributed by atoms with van der Waals surface area (Å²) in [6, 6.07) is 3.42. The molecule has 1 N–H and O–H groups in total. The molecule has 5 nitrogen and oxygen atoms in total. The predicted octanol–water partition coefficient (Wildman–Crippen LogP) is 2.26. The lowest BCUT2D eigenvalue weighted by Crippen LogP contribution is -2.20. The molecule has 1 amide bonds. The zero-order valence-electron chi connectivity index (χ0n) is 11.3. The number of halogens is 1. The monoisotopic (exact) mass is 287 g/mol. The SMILES string of the molecule is COCCOCC(=O)Nc1cc(C)c(Cl)cc1OC. The highest BCUT2D eigenvalue weighted by Crippen LogP contribution is 2.30. The van der Waals surface area contributed by atoms with Crippen molar-refractivity contribution in [2.75, 3.05) is 39.4 Å². The van der Waals surface area contributed by atoms with E-state index in [1.807, 2.05) is 6.92 Å². The van der Waals surface area contributed by atoms with Crippen LogP contribution in [0.1, 0.15) is 5.56 Å². The minimum atomic E-state index is -0.254. The van der Waals surface area contributed by atoms with Crippen molar-refractivity contribution in [2.24, 2.45) is 0 Å². The summed E-state index contributed by atoms with van der Waals surface area (Å²) in [6.45, 7) is 2.65. The third-order valence-corrected chi connectivity index (χ3v) is 2.83. The minimum absolute atomic E-state index is 0.0335. The van der Waals surface area contributed by atoms with Crippen LogP contribution in [0.4, 0.5) is 5.69 Å². The first-order valence-corrected chi connectivity index (χ1v) is 6.17. The summed E-state index contributed by atoms with van der Waals surface area (Å²) < 4.78 is 15.1. The normalized spacial score (nSPS) is 10.3. The van der Waals surface area contributed by atoms with E-state index < -0.39 is 0 Å². The number of benzene rings is 1. The van der Waals surface area contributed by atoms with Crippen molar-refractivity contribution < 1.29 is 19.0 Å². The lowest BCUT2D eigenvalue weighted by Gasteiger charge is -2.12. The third-order valence-electron chi connectivity index (χ3n) is 2.42. The molecule has 1 aromatic rings. The second kappa shape index (κ2) is 7.99. The number of hydrogen-bond donors (Lipinski definition) is 1. The lowest BCUT2D eigenvalue weighted by atomic mass is 10.2. The van der Waals surface area contributed by atoms with Gasteiger partial charge in [0, 0.05) is 18.2 Å².